The zero-order valence-corrected chi connectivity index (χ0v) is 18.7. The number of nitrogens with zero attached hydrogens (tertiary/aromatic N) is 2. The molecule has 3 aromatic rings. The molecule has 158 valence electrons. The largest absolute Gasteiger partial charge is 0.371 e. The minimum atomic E-state index is 0.170. The van der Waals surface area contributed by atoms with Crippen molar-refractivity contribution in [3.63, 3.8) is 0 Å². The molecule has 4 rings (SSSR count). The molecule has 1 aliphatic rings. The van der Waals surface area contributed by atoms with E-state index in [0.717, 1.165) is 31.0 Å². The molecular weight excluding hydrogens is 368 g/mol. The third kappa shape index (κ3) is 5.11. The average Bonchev–Trinajstić information content (AvgIpc) is 2.72. The first kappa shape index (κ1) is 20.7. The van der Waals surface area contributed by atoms with Crippen molar-refractivity contribution < 1.29 is 0 Å². The van der Waals surface area contributed by atoms with Crippen molar-refractivity contribution >= 4 is 22.4 Å². The first-order valence-corrected chi connectivity index (χ1v) is 11.1. The lowest BCUT2D eigenvalue weighted by Gasteiger charge is -2.37. The maximum atomic E-state index is 4.88. The van der Waals surface area contributed by atoms with Gasteiger partial charge in [-0.3, -0.25) is 0 Å². The van der Waals surface area contributed by atoms with Gasteiger partial charge in [0, 0.05) is 48.4 Å². The van der Waals surface area contributed by atoms with E-state index in [4.69, 9.17) is 4.98 Å². The van der Waals surface area contributed by atoms with E-state index in [1.807, 2.05) is 0 Å². The predicted octanol–water partition coefficient (Wildman–Crippen LogP) is 5.51. The lowest BCUT2D eigenvalue weighted by Crippen LogP contribution is -2.49. The fourth-order valence-electron chi connectivity index (χ4n) is 4.28. The predicted molar refractivity (Wildman–Crippen MR) is 128 cm³/mol. The molecule has 2 heterocycles. The molecule has 0 amide bonds. The molecule has 4 nitrogen and oxygen atoms in total. The molecule has 0 saturated carbocycles. The van der Waals surface area contributed by atoms with Crippen LogP contribution in [0.3, 0.4) is 0 Å². The molecule has 0 bridgehead atoms. The third-order valence-corrected chi connectivity index (χ3v) is 5.76. The van der Waals surface area contributed by atoms with Gasteiger partial charge in [-0.1, -0.05) is 48.0 Å². The molecule has 2 aromatic carbocycles. The van der Waals surface area contributed by atoms with Crippen molar-refractivity contribution in [1.82, 2.24) is 10.3 Å². The number of nitrogens with one attached hydrogen (secondary N) is 2. The summed E-state index contributed by atoms with van der Waals surface area (Å²) in [5.41, 5.74) is 5.07. The van der Waals surface area contributed by atoms with E-state index in [9.17, 15) is 0 Å². The number of anilines is 2. The van der Waals surface area contributed by atoms with Crippen molar-refractivity contribution in [1.29, 1.82) is 0 Å². The lowest BCUT2D eigenvalue weighted by atomic mass is 9.99. The van der Waals surface area contributed by atoms with Crippen LogP contribution in [0, 0.1) is 6.92 Å². The van der Waals surface area contributed by atoms with Gasteiger partial charge in [-0.05, 0) is 52.2 Å². The molecule has 0 unspecified atom stereocenters. The highest BCUT2D eigenvalue weighted by atomic mass is 15.2. The standard InChI is InChI=1S/C26H34N4/c1-19-9-11-20(12-10-19)18-27-25-17-24(22-7-5-6-8-23(22)28-25)30-15-13-21(14-16-30)29-26(2,3)4/h5-12,17,21,29H,13-16,18H2,1-4H3,(H,27,28). The van der Waals surface area contributed by atoms with E-state index >= 15 is 0 Å². The highest BCUT2D eigenvalue weighted by molar-refractivity contribution is 5.93. The van der Waals surface area contributed by atoms with Crippen molar-refractivity contribution in [2.45, 2.75) is 58.7 Å². The van der Waals surface area contributed by atoms with Gasteiger partial charge in [-0.15, -0.1) is 0 Å². The third-order valence-electron chi connectivity index (χ3n) is 5.76. The molecule has 4 heteroatoms. The molecule has 1 aliphatic heterocycles. The van der Waals surface area contributed by atoms with Gasteiger partial charge in [0.1, 0.15) is 5.82 Å². The van der Waals surface area contributed by atoms with Crippen molar-refractivity contribution in [3.05, 3.63) is 65.7 Å². The number of rotatable bonds is 5. The van der Waals surface area contributed by atoms with Crippen molar-refractivity contribution in [2.75, 3.05) is 23.3 Å². The van der Waals surface area contributed by atoms with Crippen LogP contribution in [0.4, 0.5) is 11.5 Å². The number of hydrogen-bond acceptors (Lipinski definition) is 4. The summed E-state index contributed by atoms with van der Waals surface area (Å²) in [6.45, 7) is 11.8. The van der Waals surface area contributed by atoms with E-state index in [1.54, 1.807) is 0 Å². The van der Waals surface area contributed by atoms with E-state index in [1.165, 1.54) is 35.0 Å². The Balaban J connectivity index is 1.53. The highest BCUT2D eigenvalue weighted by Crippen LogP contribution is 2.31. The summed E-state index contributed by atoms with van der Waals surface area (Å²) in [7, 11) is 0. The Morgan fingerprint density at radius 1 is 1.00 bits per heavy atom. The van der Waals surface area contributed by atoms with Gasteiger partial charge in [0.2, 0.25) is 0 Å². The number of aromatic nitrogens is 1. The van der Waals surface area contributed by atoms with Crippen LogP contribution in [0.15, 0.2) is 54.6 Å². The fourth-order valence-corrected chi connectivity index (χ4v) is 4.28. The molecule has 0 radical (unpaired) electrons. The SMILES string of the molecule is Cc1ccc(CNc2cc(N3CCC(NC(C)(C)C)CC3)c3ccccc3n2)cc1. The maximum absolute atomic E-state index is 4.88. The second kappa shape index (κ2) is 8.65. The van der Waals surface area contributed by atoms with Crippen LogP contribution in [0.5, 0.6) is 0 Å². The Morgan fingerprint density at radius 2 is 1.70 bits per heavy atom. The Bertz CT molecular complexity index is 980. The number of piperidine rings is 1. The van der Waals surface area contributed by atoms with Gasteiger partial charge >= 0.3 is 0 Å². The van der Waals surface area contributed by atoms with E-state index in [0.29, 0.717) is 6.04 Å². The molecule has 1 aromatic heterocycles. The molecule has 0 atom stereocenters. The summed E-state index contributed by atoms with van der Waals surface area (Å²) in [6, 6.07) is 20.0. The summed E-state index contributed by atoms with van der Waals surface area (Å²) in [5, 5.41) is 8.55. The number of aryl methyl sites for hydroxylation is 1. The van der Waals surface area contributed by atoms with E-state index in [-0.39, 0.29) is 5.54 Å². The molecule has 30 heavy (non-hydrogen) atoms. The first-order valence-electron chi connectivity index (χ1n) is 11.1. The Kier molecular flexibility index (Phi) is 5.96. The van der Waals surface area contributed by atoms with Gasteiger partial charge in [0.05, 0.1) is 5.52 Å². The zero-order chi connectivity index (χ0) is 21.1. The zero-order valence-electron chi connectivity index (χ0n) is 18.7. The van der Waals surface area contributed by atoms with E-state index < -0.39 is 0 Å². The topological polar surface area (TPSA) is 40.2 Å². The Hall–Kier alpha value is -2.59. The lowest BCUT2D eigenvalue weighted by molar-refractivity contribution is 0.317. The van der Waals surface area contributed by atoms with Crippen LogP contribution < -0.4 is 15.5 Å². The van der Waals surface area contributed by atoms with Crippen molar-refractivity contribution in [2.24, 2.45) is 0 Å². The average molecular weight is 403 g/mol. The second-order valence-electron chi connectivity index (χ2n) is 9.54. The van der Waals surface area contributed by atoms with Crippen LogP contribution in [-0.2, 0) is 6.54 Å². The minimum Gasteiger partial charge on any atom is -0.371 e. The Labute approximate surface area is 180 Å². The maximum Gasteiger partial charge on any atom is 0.129 e. The quantitative estimate of drug-likeness (QED) is 0.590. The van der Waals surface area contributed by atoms with Gasteiger partial charge in [0.25, 0.3) is 0 Å². The number of para-hydroxylation sites is 1. The summed E-state index contributed by atoms with van der Waals surface area (Å²) < 4.78 is 0. The highest BCUT2D eigenvalue weighted by Gasteiger charge is 2.24. The summed E-state index contributed by atoms with van der Waals surface area (Å²) in [6.07, 6.45) is 2.33. The van der Waals surface area contributed by atoms with Crippen LogP contribution in [-0.4, -0.2) is 29.7 Å². The van der Waals surface area contributed by atoms with E-state index in [2.05, 4.69) is 97.8 Å². The number of fused-ring (bicyclic) bond motifs is 1. The molecular formula is C26H34N4. The summed E-state index contributed by atoms with van der Waals surface area (Å²) >= 11 is 0. The second-order valence-corrected chi connectivity index (χ2v) is 9.54. The number of pyridine rings is 1. The first-order chi connectivity index (χ1) is 14.4. The van der Waals surface area contributed by atoms with Crippen LogP contribution >= 0.6 is 0 Å². The summed E-state index contributed by atoms with van der Waals surface area (Å²) in [4.78, 5) is 7.41. The van der Waals surface area contributed by atoms with Crippen LogP contribution in [0.1, 0.15) is 44.7 Å². The van der Waals surface area contributed by atoms with Gasteiger partial charge < -0.3 is 15.5 Å². The monoisotopic (exact) mass is 402 g/mol. The number of benzene rings is 2. The van der Waals surface area contributed by atoms with Gasteiger partial charge in [0.15, 0.2) is 0 Å². The molecule has 0 aliphatic carbocycles. The molecule has 1 fully saturated rings. The fraction of sp³-hybridized carbons (Fsp3) is 0.423. The minimum absolute atomic E-state index is 0.170. The molecule has 2 N–H and O–H groups in total. The van der Waals surface area contributed by atoms with Crippen LogP contribution in [0.25, 0.3) is 10.9 Å². The van der Waals surface area contributed by atoms with Crippen molar-refractivity contribution in [3.8, 4) is 0 Å². The molecule has 0 spiro atoms. The Morgan fingerprint density at radius 3 is 2.40 bits per heavy atom. The van der Waals surface area contributed by atoms with Gasteiger partial charge in [-0.2, -0.15) is 0 Å². The smallest absolute Gasteiger partial charge is 0.129 e. The normalized spacial score (nSPS) is 15.5. The van der Waals surface area contributed by atoms with Gasteiger partial charge in [-0.25, -0.2) is 4.98 Å². The molecule has 1 saturated heterocycles. The van der Waals surface area contributed by atoms with Crippen LogP contribution in [0.2, 0.25) is 0 Å². The number of hydrogen-bond donors (Lipinski definition) is 2. The summed E-state index contributed by atoms with van der Waals surface area (Å²) in [5.74, 6) is 0.944.